The third-order valence-electron chi connectivity index (χ3n) is 4.94. The molecule has 0 bridgehead atoms. The molecule has 6 nitrogen and oxygen atoms in total. The van der Waals surface area contributed by atoms with Crippen LogP contribution in [0.3, 0.4) is 0 Å². The molecule has 176 valence electrons. The summed E-state index contributed by atoms with van der Waals surface area (Å²) in [6, 6.07) is 11.0. The fourth-order valence-electron chi connectivity index (χ4n) is 3.60. The van der Waals surface area contributed by atoms with Gasteiger partial charge in [-0.1, -0.05) is 48.9 Å². The van der Waals surface area contributed by atoms with Crippen molar-refractivity contribution in [3.63, 3.8) is 0 Å². The summed E-state index contributed by atoms with van der Waals surface area (Å²) in [5, 5.41) is 0.0935. The maximum absolute atomic E-state index is 15.2. The molecule has 1 N–H and O–H groups in total. The maximum Gasteiger partial charge on any atom is 0.241 e. The highest BCUT2D eigenvalue weighted by atomic mass is 35.5. The van der Waals surface area contributed by atoms with Gasteiger partial charge in [-0.15, -0.1) is 0 Å². The van der Waals surface area contributed by atoms with Crippen LogP contribution >= 0.6 is 11.6 Å². The van der Waals surface area contributed by atoms with Gasteiger partial charge >= 0.3 is 0 Å². The van der Waals surface area contributed by atoms with E-state index < -0.39 is 21.4 Å². The Morgan fingerprint density at radius 1 is 1.18 bits per heavy atom. The number of hydrogen-bond acceptors (Lipinski definition) is 4. The van der Waals surface area contributed by atoms with Crippen LogP contribution in [0, 0.1) is 5.82 Å². The first-order valence-electron chi connectivity index (χ1n) is 10.6. The second kappa shape index (κ2) is 9.75. The van der Waals surface area contributed by atoms with Gasteiger partial charge in [0.1, 0.15) is 17.3 Å². The minimum absolute atomic E-state index is 0.0712. The zero-order valence-electron chi connectivity index (χ0n) is 19.0. The van der Waals surface area contributed by atoms with Crippen LogP contribution in [0.25, 0.3) is 11.1 Å². The van der Waals surface area contributed by atoms with Gasteiger partial charge in [-0.3, -0.25) is 4.79 Å². The molecule has 2 aromatic carbocycles. The van der Waals surface area contributed by atoms with Crippen molar-refractivity contribution in [3.05, 3.63) is 70.5 Å². The average Bonchev–Trinajstić information content (AvgIpc) is 3.02. The summed E-state index contributed by atoms with van der Waals surface area (Å²) in [5.41, 5.74) is 0.694. The number of sulfonamides is 1. The highest BCUT2D eigenvalue weighted by molar-refractivity contribution is 7.89. The molecule has 0 spiro atoms. The lowest BCUT2D eigenvalue weighted by atomic mass is 10.0. The predicted molar refractivity (Wildman–Crippen MR) is 128 cm³/mol. The fourth-order valence-corrected chi connectivity index (χ4v) is 5.49. The average molecular weight is 492 g/mol. The van der Waals surface area contributed by atoms with Crippen LogP contribution in [0.1, 0.15) is 56.0 Å². The van der Waals surface area contributed by atoms with Crippen molar-refractivity contribution in [1.82, 2.24) is 14.3 Å². The van der Waals surface area contributed by atoms with E-state index in [9.17, 15) is 13.2 Å². The molecule has 9 heteroatoms. The molecule has 3 aromatic rings. The van der Waals surface area contributed by atoms with Gasteiger partial charge in [-0.25, -0.2) is 22.5 Å². The first kappa shape index (κ1) is 25.1. The van der Waals surface area contributed by atoms with Crippen LogP contribution in [0.5, 0.6) is 0 Å². The molecule has 0 unspecified atom stereocenters. The summed E-state index contributed by atoms with van der Waals surface area (Å²) in [6.07, 6.45) is 2.00. The Kier molecular flexibility index (Phi) is 7.41. The Morgan fingerprint density at radius 2 is 1.88 bits per heavy atom. The van der Waals surface area contributed by atoms with E-state index in [1.807, 2.05) is 6.92 Å². The monoisotopic (exact) mass is 491 g/mol. The van der Waals surface area contributed by atoms with Gasteiger partial charge in [0, 0.05) is 23.1 Å². The lowest BCUT2D eigenvalue weighted by Gasteiger charge is -2.21. The fraction of sp³-hybridized carbons (Fsp3) is 0.333. The first-order chi connectivity index (χ1) is 15.5. The first-order valence-corrected chi connectivity index (χ1v) is 12.4. The Hall–Kier alpha value is -2.55. The standard InChI is InChI=1S/C24H27ClFN3O3S/c1-5-8-22-27-23(25)20(15-30)29(22)14-17-12-11-16(13-19(17)26)18-9-6-7-10-21(18)33(31,32)28-24(2,3)4/h6-7,9-13,15,28H,5,8,14H2,1-4H3. The SMILES string of the molecule is CCCc1nc(Cl)c(C=O)n1Cc1ccc(-c2ccccc2S(=O)(=O)NC(C)(C)C)cc1F. The molecular formula is C24H27ClFN3O3S. The number of carbonyl (C=O) groups is 1. The molecule has 0 atom stereocenters. The van der Waals surface area contributed by atoms with Crippen molar-refractivity contribution in [2.24, 2.45) is 0 Å². The lowest BCUT2D eigenvalue weighted by molar-refractivity contribution is 0.111. The van der Waals surface area contributed by atoms with E-state index in [1.165, 1.54) is 12.1 Å². The Balaban J connectivity index is 2.01. The van der Waals surface area contributed by atoms with Crippen LogP contribution < -0.4 is 4.72 Å². The topological polar surface area (TPSA) is 81.1 Å². The molecule has 1 heterocycles. The van der Waals surface area contributed by atoms with E-state index in [0.717, 1.165) is 6.42 Å². The van der Waals surface area contributed by atoms with E-state index in [-0.39, 0.29) is 22.3 Å². The molecular weight excluding hydrogens is 465 g/mol. The van der Waals surface area contributed by atoms with Crippen LogP contribution in [0.15, 0.2) is 47.4 Å². The minimum Gasteiger partial charge on any atom is -0.320 e. The molecule has 0 aliphatic carbocycles. The molecule has 0 fully saturated rings. The number of rotatable bonds is 8. The number of aldehydes is 1. The van der Waals surface area contributed by atoms with Crippen molar-refractivity contribution >= 4 is 27.9 Å². The van der Waals surface area contributed by atoms with Gasteiger partial charge in [0.25, 0.3) is 0 Å². The van der Waals surface area contributed by atoms with Gasteiger partial charge in [0.05, 0.1) is 11.4 Å². The number of nitrogens with zero attached hydrogens (tertiary/aromatic N) is 2. The lowest BCUT2D eigenvalue weighted by Crippen LogP contribution is -2.40. The third kappa shape index (κ3) is 5.69. The number of benzene rings is 2. The molecule has 3 rings (SSSR count). The number of aromatic nitrogens is 2. The van der Waals surface area contributed by atoms with Gasteiger partial charge in [0.2, 0.25) is 10.0 Å². The van der Waals surface area contributed by atoms with Crippen LogP contribution in [0.2, 0.25) is 5.15 Å². The smallest absolute Gasteiger partial charge is 0.241 e. The minimum atomic E-state index is -3.82. The van der Waals surface area contributed by atoms with Gasteiger partial charge in [0.15, 0.2) is 11.4 Å². The Labute approximate surface area is 198 Å². The molecule has 0 aliphatic heterocycles. The van der Waals surface area contributed by atoms with Crippen molar-refractivity contribution < 1.29 is 17.6 Å². The quantitative estimate of drug-likeness (QED) is 0.437. The summed E-state index contributed by atoms with van der Waals surface area (Å²) in [6.45, 7) is 7.32. The third-order valence-corrected chi connectivity index (χ3v) is 7.03. The van der Waals surface area contributed by atoms with E-state index in [2.05, 4.69) is 9.71 Å². The van der Waals surface area contributed by atoms with Crippen molar-refractivity contribution in [2.45, 2.75) is 57.5 Å². The van der Waals surface area contributed by atoms with Crippen molar-refractivity contribution in [2.75, 3.05) is 0 Å². The molecule has 0 saturated carbocycles. The number of halogens is 2. The second-order valence-corrected chi connectivity index (χ2v) is 10.8. The zero-order chi connectivity index (χ0) is 24.4. The van der Waals surface area contributed by atoms with E-state index in [4.69, 9.17) is 11.6 Å². The summed E-state index contributed by atoms with van der Waals surface area (Å²) in [7, 11) is -3.82. The summed E-state index contributed by atoms with van der Waals surface area (Å²) >= 11 is 6.08. The van der Waals surface area contributed by atoms with Gasteiger partial charge in [-0.2, -0.15) is 0 Å². The zero-order valence-corrected chi connectivity index (χ0v) is 20.6. The number of aryl methyl sites for hydroxylation is 1. The maximum atomic E-state index is 15.2. The highest BCUT2D eigenvalue weighted by Crippen LogP contribution is 2.30. The summed E-state index contributed by atoms with van der Waals surface area (Å²) in [4.78, 5) is 15.8. The number of carbonyl (C=O) groups excluding carboxylic acids is 1. The van der Waals surface area contributed by atoms with Crippen LogP contribution in [0.4, 0.5) is 4.39 Å². The van der Waals surface area contributed by atoms with Crippen LogP contribution in [-0.4, -0.2) is 29.8 Å². The molecule has 0 saturated heterocycles. The van der Waals surface area contributed by atoms with Crippen molar-refractivity contribution in [1.29, 1.82) is 0 Å². The van der Waals surface area contributed by atoms with E-state index in [0.29, 0.717) is 35.2 Å². The largest absolute Gasteiger partial charge is 0.320 e. The van der Waals surface area contributed by atoms with Crippen molar-refractivity contribution in [3.8, 4) is 11.1 Å². The Morgan fingerprint density at radius 3 is 2.48 bits per heavy atom. The van der Waals surface area contributed by atoms with E-state index in [1.54, 1.807) is 55.7 Å². The molecule has 1 aromatic heterocycles. The molecule has 0 amide bonds. The number of imidazole rings is 1. The van der Waals surface area contributed by atoms with Crippen LogP contribution in [-0.2, 0) is 23.0 Å². The highest BCUT2D eigenvalue weighted by Gasteiger charge is 2.25. The number of nitrogens with one attached hydrogen (secondary N) is 1. The molecule has 0 radical (unpaired) electrons. The normalized spacial score (nSPS) is 12.2. The predicted octanol–water partition coefficient (Wildman–Crippen LogP) is 5.23. The van der Waals surface area contributed by atoms with Gasteiger partial charge in [-0.05, 0) is 44.9 Å². The van der Waals surface area contributed by atoms with E-state index >= 15 is 4.39 Å². The molecule has 0 aliphatic rings. The Bertz CT molecular complexity index is 1280. The van der Waals surface area contributed by atoms with Gasteiger partial charge < -0.3 is 4.57 Å². The molecule has 33 heavy (non-hydrogen) atoms. The second-order valence-electron chi connectivity index (χ2n) is 8.82. The summed E-state index contributed by atoms with van der Waals surface area (Å²) in [5.74, 6) is 0.0883. The number of hydrogen-bond donors (Lipinski definition) is 1. The summed E-state index contributed by atoms with van der Waals surface area (Å²) < 4.78 is 45.3.